The van der Waals surface area contributed by atoms with Crippen LogP contribution in [0, 0.1) is 0 Å². The van der Waals surface area contributed by atoms with Gasteiger partial charge in [0.25, 0.3) is 0 Å². The van der Waals surface area contributed by atoms with E-state index in [1.165, 1.54) is 69.5 Å². The molecule has 3 atom stereocenters. The molecule has 0 bridgehead atoms. The van der Waals surface area contributed by atoms with Crippen molar-refractivity contribution in [3.05, 3.63) is 29.3 Å². The fraction of sp³-hybridized carbons (Fsp3) is 0.727. The molecule has 0 aliphatic heterocycles. The molecule has 0 amide bonds. The van der Waals surface area contributed by atoms with Crippen molar-refractivity contribution in [1.82, 2.24) is 0 Å². The molecule has 0 saturated carbocycles. The highest BCUT2D eigenvalue weighted by Gasteiger charge is 2.17. The van der Waals surface area contributed by atoms with Crippen LogP contribution < -0.4 is 5.30 Å². The van der Waals surface area contributed by atoms with E-state index in [9.17, 15) is 0 Å². The highest BCUT2D eigenvalue weighted by atomic mass is 31.0. The van der Waals surface area contributed by atoms with E-state index in [1.54, 1.807) is 11.1 Å². The Labute approximate surface area is 148 Å². The van der Waals surface area contributed by atoms with Crippen LogP contribution in [0.25, 0.3) is 0 Å². The van der Waals surface area contributed by atoms with Gasteiger partial charge in [-0.3, -0.25) is 0 Å². The van der Waals surface area contributed by atoms with E-state index in [4.69, 9.17) is 0 Å². The summed E-state index contributed by atoms with van der Waals surface area (Å²) < 4.78 is 0. The maximum atomic E-state index is 2.99. The van der Waals surface area contributed by atoms with Crippen LogP contribution in [0.4, 0.5) is 0 Å². The molecule has 0 heterocycles. The van der Waals surface area contributed by atoms with E-state index in [0.29, 0.717) is 11.8 Å². The Balaban J connectivity index is 2.70. The summed E-state index contributed by atoms with van der Waals surface area (Å²) in [6, 6.07) is 6.90. The molecule has 1 heteroatoms. The Kier molecular flexibility index (Phi) is 10.9. The fourth-order valence-electron chi connectivity index (χ4n) is 3.65. The van der Waals surface area contributed by atoms with Gasteiger partial charge in [-0.1, -0.05) is 97.3 Å². The van der Waals surface area contributed by atoms with E-state index < -0.39 is 0 Å². The summed E-state index contributed by atoms with van der Waals surface area (Å²) in [5.74, 6) is 1.38. The van der Waals surface area contributed by atoms with Crippen molar-refractivity contribution in [2.24, 2.45) is 0 Å². The molecule has 0 spiro atoms. The van der Waals surface area contributed by atoms with Crippen molar-refractivity contribution in [1.29, 1.82) is 0 Å². The average Bonchev–Trinajstić information content (AvgIpc) is 2.55. The van der Waals surface area contributed by atoms with Crippen LogP contribution in [-0.2, 0) is 0 Å². The van der Waals surface area contributed by atoms with Crippen LogP contribution in [0.15, 0.2) is 18.2 Å². The molecule has 0 fully saturated rings. The summed E-state index contributed by atoms with van der Waals surface area (Å²) in [6.45, 7) is 9.44. The van der Waals surface area contributed by atoms with Crippen LogP contribution in [-0.4, -0.2) is 0 Å². The second-order valence-corrected chi connectivity index (χ2v) is 7.97. The van der Waals surface area contributed by atoms with Crippen LogP contribution in [0.1, 0.15) is 115 Å². The maximum Gasteiger partial charge on any atom is -0.0181 e. The topological polar surface area (TPSA) is 0 Å². The third-order valence-electron chi connectivity index (χ3n) is 5.18. The zero-order valence-corrected chi connectivity index (χ0v) is 17.2. The van der Waals surface area contributed by atoms with E-state index in [0.717, 1.165) is 0 Å². The lowest BCUT2D eigenvalue weighted by Crippen LogP contribution is -2.12. The first-order valence-electron chi connectivity index (χ1n) is 10.00. The van der Waals surface area contributed by atoms with Gasteiger partial charge < -0.3 is 0 Å². The summed E-state index contributed by atoms with van der Waals surface area (Å²) in [5, 5.41) is 1.42. The van der Waals surface area contributed by atoms with Crippen LogP contribution in [0.2, 0.25) is 0 Å². The zero-order valence-electron chi connectivity index (χ0n) is 16.0. The third-order valence-corrected chi connectivity index (χ3v) is 5.68. The monoisotopic (exact) mass is 334 g/mol. The third kappa shape index (κ3) is 7.38. The van der Waals surface area contributed by atoms with Gasteiger partial charge in [0.1, 0.15) is 0 Å². The zero-order chi connectivity index (χ0) is 17.1. The maximum absolute atomic E-state index is 2.99. The lowest BCUT2D eigenvalue weighted by atomic mass is 9.84. The number of hydrogen-bond acceptors (Lipinski definition) is 0. The molecule has 0 aliphatic carbocycles. The SMILES string of the molecule is CCCCCCC(C)c1cccc(P)c1C(C)CCCCCC. The smallest absolute Gasteiger partial charge is 0.0181 e. The van der Waals surface area contributed by atoms with Crippen LogP contribution >= 0.6 is 9.24 Å². The molecule has 0 N–H and O–H groups in total. The van der Waals surface area contributed by atoms with E-state index in [-0.39, 0.29) is 0 Å². The van der Waals surface area contributed by atoms with Gasteiger partial charge in [-0.05, 0) is 41.1 Å². The molecule has 1 aromatic carbocycles. The lowest BCUT2D eigenvalue weighted by Gasteiger charge is -2.23. The van der Waals surface area contributed by atoms with Crippen LogP contribution in [0.5, 0.6) is 0 Å². The second-order valence-electron chi connectivity index (χ2n) is 7.35. The minimum atomic E-state index is 0.689. The predicted octanol–water partition coefficient (Wildman–Crippen LogP) is 7.33. The summed E-state index contributed by atoms with van der Waals surface area (Å²) >= 11 is 0. The molecule has 0 saturated heterocycles. The Morgan fingerprint density at radius 2 is 1.35 bits per heavy atom. The van der Waals surface area contributed by atoms with Crippen molar-refractivity contribution in [3.63, 3.8) is 0 Å². The van der Waals surface area contributed by atoms with E-state index >= 15 is 0 Å². The van der Waals surface area contributed by atoms with Gasteiger partial charge in [-0.2, -0.15) is 0 Å². The number of rotatable bonds is 12. The molecule has 0 aliphatic rings. The molecule has 132 valence electrons. The molecule has 3 unspecified atom stereocenters. The Bertz CT molecular complexity index is 424. The van der Waals surface area contributed by atoms with Gasteiger partial charge >= 0.3 is 0 Å². The summed E-state index contributed by atoms with van der Waals surface area (Å²) in [6.07, 6.45) is 13.6. The van der Waals surface area contributed by atoms with E-state index in [2.05, 4.69) is 55.1 Å². The van der Waals surface area contributed by atoms with Gasteiger partial charge in [0.05, 0.1) is 0 Å². The highest BCUT2D eigenvalue weighted by Crippen LogP contribution is 2.32. The Morgan fingerprint density at radius 1 is 0.783 bits per heavy atom. The second kappa shape index (κ2) is 12.1. The van der Waals surface area contributed by atoms with Crippen LogP contribution in [0.3, 0.4) is 0 Å². The standard InChI is InChI=1S/C22H39P/c1-5-7-9-11-14-18(3)20-16-13-17-21(23)22(20)19(4)15-12-10-8-6-2/h13,16-19H,5-12,14-15,23H2,1-4H3. The first-order chi connectivity index (χ1) is 11.1. The minimum absolute atomic E-state index is 0.689. The summed E-state index contributed by atoms with van der Waals surface area (Å²) in [4.78, 5) is 0. The predicted molar refractivity (Wildman–Crippen MR) is 110 cm³/mol. The van der Waals surface area contributed by atoms with Crippen molar-refractivity contribution in [2.75, 3.05) is 0 Å². The van der Waals surface area contributed by atoms with Gasteiger partial charge in [0.15, 0.2) is 0 Å². The molecule has 0 aromatic heterocycles. The van der Waals surface area contributed by atoms with Crippen molar-refractivity contribution in [2.45, 2.75) is 104 Å². The molecule has 23 heavy (non-hydrogen) atoms. The number of benzene rings is 1. The van der Waals surface area contributed by atoms with Crippen molar-refractivity contribution in [3.8, 4) is 0 Å². The average molecular weight is 335 g/mol. The van der Waals surface area contributed by atoms with Gasteiger partial charge in [0.2, 0.25) is 0 Å². The minimum Gasteiger partial charge on any atom is -0.105 e. The number of hydrogen-bond donors (Lipinski definition) is 0. The summed E-state index contributed by atoms with van der Waals surface area (Å²) in [5.41, 5.74) is 3.23. The largest absolute Gasteiger partial charge is 0.105 e. The lowest BCUT2D eigenvalue weighted by molar-refractivity contribution is 0.557. The molecule has 1 rings (SSSR count). The quantitative estimate of drug-likeness (QED) is 0.277. The Hall–Kier alpha value is -0.350. The van der Waals surface area contributed by atoms with E-state index in [1.807, 2.05) is 0 Å². The van der Waals surface area contributed by atoms with Gasteiger partial charge in [0, 0.05) is 0 Å². The van der Waals surface area contributed by atoms with Gasteiger partial charge in [-0.15, -0.1) is 9.24 Å². The first-order valence-corrected chi connectivity index (χ1v) is 10.6. The van der Waals surface area contributed by atoms with Crippen molar-refractivity contribution < 1.29 is 0 Å². The highest BCUT2D eigenvalue weighted by molar-refractivity contribution is 7.27. The first kappa shape index (κ1) is 20.7. The van der Waals surface area contributed by atoms with Crippen molar-refractivity contribution >= 4 is 14.5 Å². The molecular formula is C22H39P. The molecule has 1 aromatic rings. The summed E-state index contributed by atoms with van der Waals surface area (Å²) in [7, 11) is 2.99. The molecule has 0 nitrogen and oxygen atoms in total. The van der Waals surface area contributed by atoms with Gasteiger partial charge in [-0.25, -0.2) is 0 Å². The fourth-order valence-corrected chi connectivity index (χ4v) is 4.22. The normalized spacial score (nSPS) is 14.0. The Morgan fingerprint density at radius 3 is 1.91 bits per heavy atom. The number of unbranched alkanes of at least 4 members (excludes halogenated alkanes) is 6. The molecule has 0 radical (unpaired) electrons. The molecular weight excluding hydrogens is 295 g/mol.